The molecule has 2 heteroatoms. The van der Waals surface area contributed by atoms with E-state index in [1.54, 1.807) is 0 Å². The van der Waals surface area contributed by atoms with Gasteiger partial charge in [0, 0.05) is 16.7 Å². The first kappa shape index (κ1) is 15.1. The summed E-state index contributed by atoms with van der Waals surface area (Å²) < 4.78 is 0. The first-order chi connectivity index (χ1) is 9.69. The van der Waals surface area contributed by atoms with Crippen LogP contribution in [0.25, 0.3) is 0 Å². The Kier molecular flexibility index (Phi) is 5.69. The molecular weight excluding hydrogens is 262 g/mol. The highest BCUT2D eigenvalue weighted by Gasteiger charge is 2.07. The third-order valence-corrected chi connectivity index (χ3v) is 4.45. The molecule has 0 bridgehead atoms. The molecule has 2 rings (SSSR count). The van der Waals surface area contributed by atoms with Gasteiger partial charge in [-0.25, -0.2) is 0 Å². The Morgan fingerprint density at radius 1 is 1.10 bits per heavy atom. The summed E-state index contributed by atoms with van der Waals surface area (Å²) in [6, 6.07) is 17.4. The van der Waals surface area contributed by atoms with E-state index < -0.39 is 0 Å². The van der Waals surface area contributed by atoms with Crippen LogP contribution < -0.4 is 5.73 Å². The minimum Gasteiger partial charge on any atom is -0.323 e. The normalized spacial score (nSPS) is 12.3. The number of hydrogen-bond donors (Lipinski definition) is 1. The highest BCUT2D eigenvalue weighted by atomic mass is 32.2. The Morgan fingerprint density at radius 2 is 1.90 bits per heavy atom. The highest BCUT2D eigenvalue weighted by molar-refractivity contribution is 7.99. The zero-order valence-corrected chi connectivity index (χ0v) is 13.1. The average molecular weight is 285 g/mol. The molecule has 1 nitrogen and oxygen atoms in total. The number of thioether (sulfide) groups is 1. The molecule has 2 aromatic carbocycles. The average Bonchev–Trinajstić information content (AvgIpc) is 2.45. The third kappa shape index (κ3) is 4.39. The predicted octanol–water partition coefficient (Wildman–Crippen LogP) is 4.74. The maximum Gasteiger partial charge on any atom is 0.0390 e. The Balaban J connectivity index is 1.97. The molecule has 0 saturated carbocycles. The topological polar surface area (TPSA) is 26.0 Å². The molecule has 0 amide bonds. The van der Waals surface area contributed by atoms with Crippen LogP contribution in [0.2, 0.25) is 0 Å². The SMILES string of the molecule is CCCc1cccc(C(N)CSc2cccc(C)c2)c1. The minimum absolute atomic E-state index is 0.0947. The van der Waals surface area contributed by atoms with E-state index in [4.69, 9.17) is 5.73 Å². The van der Waals surface area contributed by atoms with Gasteiger partial charge in [-0.2, -0.15) is 0 Å². The van der Waals surface area contributed by atoms with Crippen LogP contribution in [0.5, 0.6) is 0 Å². The van der Waals surface area contributed by atoms with Crippen molar-refractivity contribution in [2.45, 2.75) is 37.6 Å². The van der Waals surface area contributed by atoms with E-state index in [0.717, 1.165) is 12.2 Å². The molecule has 106 valence electrons. The maximum absolute atomic E-state index is 6.33. The lowest BCUT2D eigenvalue weighted by atomic mass is 10.0. The molecule has 0 aliphatic heterocycles. The Bertz CT molecular complexity index is 551. The summed E-state index contributed by atoms with van der Waals surface area (Å²) >= 11 is 1.83. The molecule has 1 unspecified atom stereocenters. The molecule has 0 spiro atoms. The fourth-order valence-electron chi connectivity index (χ4n) is 2.26. The van der Waals surface area contributed by atoms with E-state index in [2.05, 4.69) is 62.4 Å². The van der Waals surface area contributed by atoms with E-state index in [9.17, 15) is 0 Å². The third-order valence-electron chi connectivity index (χ3n) is 3.34. The second-order valence-electron chi connectivity index (χ2n) is 5.23. The van der Waals surface area contributed by atoms with Gasteiger partial charge >= 0.3 is 0 Å². The summed E-state index contributed by atoms with van der Waals surface area (Å²) in [4.78, 5) is 1.30. The zero-order valence-electron chi connectivity index (χ0n) is 12.3. The van der Waals surface area contributed by atoms with Crippen molar-refractivity contribution >= 4 is 11.8 Å². The molecule has 20 heavy (non-hydrogen) atoms. The molecule has 0 radical (unpaired) electrons. The lowest BCUT2D eigenvalue weighted by Gasteiger charge is -2.13. The Labute approximate surface area is 126 Å². The molecule has 2 aromatic rings. The Morgan fingerprint density at radius 3 is 2.65 bits per heavy atom. The summed E-state index contributed by atoms with van der Waals surface area (Å²) in [6.07, 6.45) is 2.31. The molecular formula is C18H23NS. The van der Waals surface area contributed by atoms with Crippen LogP contribution in [0.15, 0.2) is 53.4 Å². The maximum atomic E-state index is 6.33. The van der Waals surface area contributed by atoms with Gasteiger partial charge in [0.1, 0.15) is 0 Å². The van der Waals surface area contributed by atoms with Crippen molar-refractivity contribution < 1.29 is 0 Å². The van der Waals surface area contributed by atoms with Crippen LogP contribution >= 0.6 is 11.8 Å². The number of rotatable bonds is 6. The largest absolute Gasteiger partial charge is 0.323 e. The summed E-state index contributed by atoms with van der Waals surface area (Å²) in [5.41, 5.74) is 10.3. The fourth-order valence-corrected chi connectivity index (χ4v) is 3.26. The van der Waals surface area contributed by atoms with Crippen LogP contribution in [0, 0.1) is 6.92 Å². The van der Waals surface area contributed by atoms with Gasteiger partial charge < -0.3 is 5.73 Å². The second-order valence-corrected chi connectivity index (χ2v) is 6.32. The quantitative estimate of drug-likeness (QED) is 0.776. The molecule has 0 saturated heterocycles. The molecule has 0 heterocycles. The second kappa shape index (κ2) is 7.51. The standard InChI is InChI=1S/C18H23NS/c1-3-6-15-8-5-9-16(12-15)18(19)13-20-17-10-4-7-14(2)11-17/h4-5,7-12,18H,3,6,13,19H2,1-2H3. The van der Waals surface area contributed by atoms with Gasteiger partial charge in [-0.05, 0) is 36.6 Å². The predicted molar refractivity (Wildman–Crippen MR) is 89.3 cm³/mol. The number of hydrogen-bond acceptors (Lipinski definition) is 2. The summed E-state index contributed by atoms with van der Waals surface area (Å²) in [6.45, 7) is 4.33. The van der Waals surface area contributed by atoms with E-state index >= 15 is 0 Å². The first-order valence-electron chi connectivity index (χ1n) is 7.23. The summed E-state index contributed by atoms with van der Waals surface area (Å²) in [5.74, 6) is 0.916. The number of nitrogens with two attached hydrogens (primary N) is 1. The van der Waals surface area contributed by atoms with Crippen LogP contribution in [0.1, 0.15) is 36.1 Å². The zero-order chi connectivity index (χ0) is 14.4. The lowest BCUT2D eigenvalue weighted by molar-refractivity contribution is 0.823. The monoisotopic (exact) mass is 285 g/mol. The van der Waals surface area contributed by atoms with Crippen molar-refractivity contribution in [1.29, 1.82) is 0 Å². The van der Waals surface area contributed by atoms with Gasteiger partial charge in [-0.3, -0.25) is 0 Å². The van der Waals surface area contributed by atoms with E-state index in [1.807, 2.05) is 11.8 Å². The Hall–Kier alpha value is -1.25. The minimum atomic E-state index is 0.0947. The fraction of sp³-hybridized carbons (Fsp3) is 0.333. The lowest BCUT2D eigenvalue weighted by Crippen LogP contribution is -2.13. The van der Waals surface area contributed by atoms with Gasteiger partial charge in [0.15, 0.2) is 0 Å². The molecule has 0 aliphatic rings. The van der Waals surface area contributed by atoms with Crippen LogP contribution in [-0.2, 0) is 6.42 Å². The van der Waals surface area contributed by atoms with Gasteiger partial charge in [0.2, 0.25) is 0 Å². The summed E-state index contributed by atoms with van der Waals surface area (Å²) in [7, 11) is 0. The van der Waals surface area contributed by atoms with Crippen molar-refractivity contribution in [3.8, 4) is 0 Å². The van der Waals surface area contributed by atoms with Crippen molar-refractivity contribution in [3.05, 3.63) is 65.2 Å². The van der Waals surface area contributed by atoms with Crippen molar-refractivity contribution in [1.82, 2.24) is 0 Å². The highest BCUT2D eigenvalue weighted by Crippen LogP contribution is 2.24. The molecule has 2 N–H and O–H groups in total. The molecule has 0 fully saturated rings. The van der Waals surface area contributed by atoms with Crippen molar-refractivity contribution in [2.75, 3.05) is 5.75 Å². The van der Waals surface area contributed by atoms with Gasteiger partial charge in [0.05, 0.1) is 0 Å². The first-order valence-corrected chi connectivity index (χ1v) is 8.21. The molecule has 0 aliphatic carbocycles. The van der Waals surface area contributed by atoms with Gasteiger partial charge in [0.25, 0.3) is 0 Å². The van der Waals surface area contributed by atoms with E-state index in [-0.39, 0.29) is 6.04 Å². The smallest absolute Gasteiger partial charge is 0.0390 e. The van der Waals surface area contributed by atoms with E-state index in [1.165, 1.54) is 28.0 Å². The van der Waals surface area contributed by atoms with Crippen LogP contribution in [-0.4, -0.2) is 5.75 Å². The van der Waals surface area contributed by atoms with Gasteiger partial charge in [-0.15, -0.1) is 11.8 Å². The number of aryl methyl sites for hydroxylation is 2. The van der Waals surface area contributed by atoms with E-state index in [0.29, 0.717) is 0 Å². The van der Waals surface area contributed by atoms with Gasteiger partial charge in [-0.1, -0.05) is 55.3 Å². The number of benzene rings is 2. The van der Waals surface area contributed by atoms with Crippen molar-refractivity contribution in [3.63, 3.8) is 0 Å². The summed E-state index contributed by atoms with van der Waals surface area (Å²) in [5, 5.41) is 0. The molecule has 0 aromatic heterocycles. The van der Waals surface area contributed by atoms with Crippen molar-refractivity contribution in [2.24, 2.45) is 5.73 Å². The van der Waals surface area contributed by atoms with Crippen LogP contribution in [0.3, 0.4) is 0 Å². The molecule has 1 atom stereocenters. The van der Waals surface area contributed by atoms with Crippen LogP contribution in [0.4, 0.5) is 0 Å².